The van der Waals surface area contributed by atoms with Crippen LogP contribution < -0.4 is 5.73 Å². The normalized spacial score (nSPS) is 9.75. The Balaban J connectivity index is 2.55. The van der Waals surface area contributed by atoms with Gasteiger partial charge >= 0.3 is 0 Å². The monoisotopic (exact) mass is 208 g/mol. The summed E-state index contributed by atoms with van der Waals surface area (Å²) in [5.41, 5.74) is 9.37. The molecule has 2 heteroatoms. The van der Waals surface area contributed by atoms with Crippen molar-refractivity contribution in [3.8, 4) is 17.2 Å². The van der Waals surface area contributed by atoms with E-state index in [2.05, 4.69) is 6.07 Å². The zero-order valence-electron chi connectivity index (χ0n) is 8.85. The topological polar surface area (TPSA) is 49.8 Å². The van der Waals surface area contributed by atoms with Gasteiger partial charge in [0.2, 0.25) is 0 Å². The van der Waals surface area contributed by atoms with Crippen LogP contribution in [0.1, 0.15) is 11.1 Å². The molecule has 2 aromatic carbocycles. The first-order valence-electron chi connectivity index (χ1n) is 5.13. The maximum Gasteiger partial charge on any atom is 0.0998 e. The number of nitriles is 1. The van der Waals surface area contributed by atoms with Crippen LogP contribution in [0.3, 0.4) is 0 Å². The molecule has 2 nitrogen and oxygen atoms in total. The van der Waals surface area contributed by atoms with Crippen molar-refractivity contribution < 1.29 is 0 Å². The van der Waals surface area contributed by atoms with Gasteiger partial charge in [-0.05, 0) is 28.8 Å². The summed E-state index contributed by atoms with van der Waals surface area (Å²) in [4.78, 5) is 0. The first kappa shape index (κ1) is 10.4. The van der Waals surface area contributed by atoms with Crippen LogP contribution in [0.2, 0.25) is 0 Å². The van der Waals surface area contributed by atoms with Gasteiger partial charge in [0.15, 0.2) is 0 Å². The highest BCUT2D eigenvalue weighted by Crippen LogP contribution is 2.23. The number of nitrogens with two attached hydrogens (primary N) is 1. The molecule has 2 aromatic rings. The van der Waals surface area contributed by atoms with E-state index >= 15 is 0 Å². The summed E-state index contributed by atoms with van der Waals surface area (Å²) >= 11 is 0. The van der Waals surface area contributed by atoms with Crippen molar-refractivity contribution in [3.63, 3.8) is 0 Å². The summed E-state index contributed by atoms with van der Waals surface area (Å²) < 4.78 is 0. The summed E-state index contributed by atoms with van der Waals surface area (Å²) in [6.45, 7) is 0.516. The third kappa shape index (κ3) is 1.95. The molecule has 0 aliphatic heterocycles. The summed E-state index contributed by atoms with van der Waals surface area (Å²) in [7, 11) is 0. The molecule has 0 fully saturated rings. The fourth-order valence-electron chi connectivity index (χ4n) is 1.70. The molecule has 0 amide bonds. The molecule has 0 saturated heterocycles. The minimum Gasteiger partial charge on any atom is -0.326 e. The first-order valence-corrected chi connectivity index (χ1v) is 5.13. The van der Waals surface area contributed by atoms with Gasteiger partial charge in [0, 0.05) is 6.54 Å². The maximum atomic E-state index is 9.03. The van der Waals surface area contributed by atoms with Gasteiger partial charge in [0.1, 0.15) is 0 Å². The van der Waals surface area contributed by atoms with Crippen LogP contribution in [0.4, 0.5) is 0 Å². The fourth-order valence-corrected chi connectivity index (χ4v) is 1.70. The highest BCUT2D eigenvalue weighted by Gasteiger charge is 2.03. The van der Waals surface area contributed by atoms with Gasteiger partial charge in [-0.3, -0.25) is 0 Å². The Morgan fingerprint density at radius 1 is 1.06 bits per heavy atom. The SMILES string of the molecule is N#Cc1ccccc1-c1cccc(CN)c1. The highest BCUT2D eigenvalue weighted by atomic mass is 14.5. The van der Waals surface area contributed by atoms with Gasteiger partial charge in [-0.1, -0.05) is 36.4 Å². The van der Waals surface area contributed by atoms with E-state index in [4.69, 9.17) is 11.0 Å². The smallest absolute Gasteiger partial charge is 0.0998 e. The molecule has 0 aromatic heterocycles. The predicted molar refractivity (Wildman–Crippen MR) is 64.5 cm³/mol. The number of nitrogens with zero attached hydrogens (tertiary/aromatic N) is 1. The van der Waals surface area contributed by atoms with Crippen LogP contribution in [0.25, 0.3) is 11.1 Å². The third-order valence-electron chi connectivity index (χ3n) is 2.52. The number of rotatable bonds is 2. The number of benzene rings is 2. The molecular formula is C14H12N2. The van der Waals surface area contributed by atoms with Crippen LogP contribution >= 0.6 is 0 Å². The zero-order chi connectivity index (χ0) is 11.4. The molecule has 0 spiro atoms. The molecule has 16 heavy (non-hydrogen) atoms. The van der Waals surface area contributed by atoms with E-state index in [0.29, 0.717) is 12.1 Å². The second-order valence-corrected chi connectivity index (χ2v) is 3.56. The van der Waals surface area contributed by atoms with Crippen LogP contribution in [0.5, 0.6) is 0 Å². The average Bonchev–Trinajstić information content (AvgIpc) is 2.38. The Hall–Kier alpha value is -2.11. The van der Waals surface area contributed by atoms with Crippen molar-refractivity contribution >= 4 is 0 Å². The van der Waals surface area contributed by atoms with Crippen molar-refractivity contribution in [2.75, 3.05) is 0 Å². The Morgan fingerprint density at radius 2 is 1.88 bits per heavy atom. The molecule has 78 valence electrons. The molecule has 0 heterocycles. The van der Waals surface area contributed by atoms with Gasteiger partial charge in [-0.15, -0.1) is 0 Å². The summed E-state index contributed by atoms with van der Waals surface area (Å²) in [6.07, 6.45) is 0. The minimum absolute atomic E-state index is 0.516. The molecule has 2 N–H and O–H groups in total. The quantitative estimate of drug-likeness (QED) is 0.824. The van der Waals surface area contributed by atoms with Crippen molar-refractivity contribution in [3.05, 3.63) is 59.7 Å². The molecule has 0 bridgehead atoms. The largest absolute Gasteiger partial charge is 0.326 e. The van der Waals surface area contributed by atoms with Gasteiger partial charge in [0.25, 0.3) is 0 Å². The Kier molecular flexibility index (Phi) is 3.00. The van der Waals surface area contributed by atoms with E-state index in [-0.39, 0.29) is 0 Å². The Bertz CT molecular complexity index is 538. The van der Waals surface area contributed by atoms with Crippen molar-refractivity contribution in [2.45, 2.75) is 6.54 Å². The Morgan fingerprint density at radius 3 is 2.62 bits per heavy atom. The third-order valence-corrected chi connectivity index (χ3v) is 2.52. The summed E-state index contributed by atoms with van der Waals surface area (Å²) in [5, 5.41) is 9.03. The van der Waals surface area contributed by atoms with E-state index < -0.39 is 0 Å². The van der Waals surface area contributed by atoms with Crippen LogP contribution in [0, 0.1) is 11.3 Å². The summed E-state index contributed by atoms with van der Waals surface area (Å²) in [5.74, 6) is 0. The molecule has 0 atom stereocenters. The highest BCUT2D eigenvalue weighted by molar-refractivity contribution is 5.70. The lowest BCUT2D eigenvalue weighted by Gasteiger charge is -2.05. The second kappa shape index (κ2) is 4.61. The lowest BCUT2D eigenvalue weighted by atomic mass is 9.99. The van der Waals surface area contributed by atoms with E-state index in [0.717, 1.165) is 16.7 Å². The molecule has 0 radical (unpaired) electrons. The molecule has 0 unspecified atom stereocenters. The van der Waals surface area contributed by atoms with E-state index in [1.807, 2.05) is 48.5 Å². The van der Waals surface area contributed by atoms with E-state index in [1.165, 1.54) is 0 Å². The van der Waals surface area contributed by atoms with Crippen LogP contribution in [-0.4, -0.2) is 0 Å². The van der Waals surface area contributed by atoms with Gasteiger partial charge in [-0.25, -0.2) is 0 Å². The lowest BCUT2D eigenvalue weighted by molar-refractivity contribution is 1.07. The standard InChI is InChI=1S/C14H12N2/c15-9-11-4-3-6-12(8-11)14-7-2-1-5-13(14)10-16/h1-8H,9,15H2. The predicted octanol–water partition coefficient (Wildman–Crippen LogP) is 2.68. The molecule has 0 aliphatic rings. The van der Waals surface area contributed by atoms with Crippen LogP contribution in [-0.2, 0) is 6.54 Å². The number of hydrogen-bond acceptors (Lipinski definition) is 2. The molecule has 2 rings (SSSR count). The van der Waals surface area contributed by atoms with E-state index in [9.17, 15) is 0 Å². The van der Waals surface area contributed by atoms with Gasteiger partial charge in [-0.2, -0.15) is 5.26 Å². The number of hydrogen-bond donors (Lipinski definition) is 1. The molecule has 0 aliphatic carbocycles. The van der Waals surface area contributed by atoms with Crippen molar-refractivity contribution in [2.24, 2.45) is 5.73 Å². The molecular weight excluding hydrogens is 196 g/mol. The molecule has 0 saturated carbocycles. The lowest BCUT2D eigenvalue weighted by Crippen LogP contribution is -1.96. The zero-order valence-corrected chi connectivity index (χ0v) is 8.85. The Labute approximate surface area is 95.0 Å². The fraction of sp³-hybridized carbons (Fsp3) is 0.0714. The van der Waals surface area contributed by atoms with Crippen molar-refractivity contribution in [1.82, 2.24) is 0 Å². The summed E-state index contributed by atoms with van der Waals surface area (Å²) in [6, 6.07) is 17.8. The van der Waals surface area contributed by atoms with Crippen molar-refractivity contribution in [1.29, 1.82) is 5.26 Å². The van der Waals surface area contributed by atoms with E-state index in [1.54, 1.807) is 0 Å². The van der Waals surface area contributed by atoms with Gasteiger partial charge < -0.3 is 5.73 Å². The minimum atomic E-state index is 0.516. The van der Waals surface area contributed by atoms with Gasteiger partial charge in [0.05, 0.1) is 11.6 Å². The van der Waals surface area contributed by atoms with Crippen LogP contribution in [0.15, 0.2) is 48.5 Å². The first-order chi connectivity index (χ1) is 7.85. The maximum absolute atomic E-state index is 9.03. The second-order valence-electron chi connectivity index (χ2n) is 3.56. The average molecular weight is 208 g/mol.